The lowest BCUT2D eigenvalue weighted by Crippen LogP contribution is -2.10. The summed E-state index contributed by atoms with van der Waals surface area (Å²) in [5.74, 6) is 4.40. The van der Waals surface area contributed by atoms with E-state index in [2.05, 4.69) is 23.2 Å². The second-order valence-corrected chi connectivity index (χ2v) is 7.22. The molecule has 5 heteroatoms. The minimum absolute atomic E-state index is 0.392. The molecule has 142 valence electrons. The number of aryl methyl sites for hydroxylation is 1. The maximum atomic E-state index is 12.2. The van der Waals surface area contributed by atoms with Crippen LogP contribution in [-0.4, -0.2) is 5.91 Å². The van der Waals surface area contributed by atoms with Crippen LogP contribution in [0.4, 0.5) is 5.69 Å². The zero-order valence-corrected chi connectivity index (χ0v) is 17.1. The van der Waals surface area contributed by atoms with Gasteiger partial charge in [-0.3, -0.25) is 4.79 Å². The molecule has 0 aromatic heterocycles. The number of nitrogens with one attached hydrogen (secondary N) is 1. The van der Waals surface area contributed by atoms with Crippen molar-refractivity contribution in [2.45, 2.75) is 12.8 Å². The Balaban J connectivity index is 1.84. The molecule has 0 aliphatic carbocycles. The third kappa shape index (κ3) is 5.18. The lowest BCUT2D eigenvalue weighted by atomic mass is 9.91. The van der Waals surface area contributed by atoms with Crippen molar-refractivity contribution >= 4 is 34.8 Å². The molecule has 3 nitrogen and oxygen atoms in total. The number of carbonyl (C=O) groups is 1. The quantitative estimate of drug-likeness (QED) is 0.534. The van der Waals surface area contributed by atoms with Gasteiger partial charge in [-0.1, -0.05) is 65.5 Å². The summed E-state index contributed by atoms with van der Waals surface area (Å²) in [4.78, 5) is 12.2. The summed E-state index contributed by atoms with van der Waals surface area (Å²) in [6.45, 7) is 1.84. The Morgan fingerprint density at radius 3 is 2.38 bits per heavy atom. The molecule has 0 fully saturated rings. The normalized spacial score (nSPS) is 11.0. The van der Waals surface area contributed by atoms with Crippen molar-refractivity contribution < 1.29 is 4.79 Å². The SMILES string of the molecule is Cc1cc([C@@H](C#N)c2ccc(Cl)cc2)c(Cl)cc1NC(=O)C#Cc1ccccc1. The molecule has 3 aromatic rings. The van der Waals surface area contributed by atoms with Gasteiger partial charge in [-0.2, -0.15) is 5.26 Å². The molecule has 0 unspecified atom stereocenters. The zero-order chi connectivity index (χ0) is 20.8. The number of halogens is 2. The number of benzene rings is 3. The number of hydrogen-bond acceptors (Lipinski definition) is 2. The van der Waals surface area contributed by atoms with Gasteiger partial charge in [-0.15, -0.1) is 0 Å². The molecule has 0 aliphatic rings. The van der Waals surface area contributed by atoms with Crippen LogP contribution in [0.15, 0.2) is 66.7 Å². The summed E-state index contributed by atoms with van der Waals surface area (Å²) in [6.07, 6.45) is 0. The molecule has 0 saturated carbocycles. The Kier molecular flexibility index (Phi) is 6.57. The van der Waals surface area contributed by atoms with E-state index in [4.69, 9.17) is 23.2 Å². The van der Waals surface area contributed by atoms with Gasteiger partial charge in [0.2, 0.25) is 0 Å². The second-order valence-electron chi connectivity index (χ2n) is 6.37. The van der Waals surface area contributed by atoms with Crippen molar-refractivity contribution in [3.8, 4) is 17.9 Å². The molecule has 1 atom stereocenters. The van der Waals surface area contributed by atoms with E-state index in [0.717, 1.165) is 16.7 Å². The van der Waals surface area contributed by atoms with Gasteiger partial charge in [0.25, 0.3) is 0 Å². The Morgan fingerprint density at radius 1 is 1.03 bits per heavy atom. The summed E-state index contributed by atoms with van der Waals surface area (Å²) >= 11 is 12.4. The standard InChI is InChI=1S/C24H16Cl2N2O/c1-16-13-20(21(15-27)18-8-10-19(25)11-9-18)22(26)14-23(16)28-24(29)12-7-17-5-3-2-4-6-17/h2-6,8-11,13-14,21H,1H3,(H,28,29)/t21-/m0/s1. The third-order valence-electron chi connectivity index (χ3n) is 4.33. The van der Waals surface area contributed by atoms with Crippen molar-refractivity contribution in [2.75, 3.05) is 5.32 Å². The van der Waals surface area contributed by atoms with Gasteiger partial charge < -0.3 is 5.32 Å². The number of nitrogens with zero attached hydrogens (tertiary/aromatic N) is 1. The van der Waals surface area contributed by atoms with Crippen molar-refractivity contribution in [3.63, 3.8) is 0 Å². The van der Waals surface area contributed by atoms with Gasteiger partial charge in [0.1, 0.15) is 0 Å². The van der Waals surface area contributed by atoms with Crippen molar-refractivity contribution in [1.82, 2.24) is 0 Å². The highest BCUT2D eigenvalue weighted by molar-refractivity contribution is 6.32. The first kappa shape index (κ1) is 20.5. The molecule has 0 saturated heterocycles. The van der Waals surface area contributed by atoms with Crippen molar-refractivity contribution in [3.05, 3.63) is 99.0 Å². The first-order chi connectivity index (χ1) is 14.0. The lowest BCUT2D eigenvalue weighted by molar-refractivity contribution is -0.111. The third-order valence-corrected chi connectivity index (χ3v) is 4.91. The van der Waals surface area contributed by atoms with Crippen LogP contribution in [-0.2, 0) is 4.79 Å². The molecule has 0 radical (unpaired) electrons. The van der Waals surface area contributed by atoms with Crippen molar-refractivity contribution in [2.24, 2.45) is 0 Å². The molecule has 0 spiro atoms. The highest BCUT2D eigenvalue weighted by Crippen LogP contribution is 2.34. The van der Waals surface area contributed by atoms with Gasteiger partial charge in [0.05, 0.1) is 12.0 Å². The maximum Gasteiger partial charge on any atom is 0.300 e. The Hall–Kier alpha value is -3.24. The van der Waals surface area contributed by atoms with E-state index in [1.807, 2.05) is 43.3 Å². The minimum atomic E-state index is -0.541. The smallest absolute Gasteiger partial charge is 0.300 e. The van der Waals surface area contributed by atoms with Gasteiger partial charge in [0, 0.05) is 27.2 Å². The molecule has 29 heavy (non-hydrogen) atoms. The average molecular weight is 419 g/mol. The second kappa shape index (κ2) is 9.30. The van der Waals surface area contributed by atoms with Crippen molar-refractivity contribution in [1.29, 1.82) is 5.26 Å². The Morgan fingerprint density at radius 2 is 1.72 bits per heavy atom. The van der Waals surface area contributed by atoms with E-state index in [9.17, 15) is 10.1 Å². The number of anilines is 1. The summed E-state index contributed by atoms with van der Waals surface area (Å²) in [7, 11) is 0. The highest BCUT2D eigenvalue weighted by Gasteiger charge is 2.18. The lowest BCUT2D eigenvalue weighted by Gasteiger charge is -2.15. The largest absolute Gasteiger partial charge is 0.315 e. The monoisotopic (exact) mass is 418 g/mol. The molecular formula is C24H16Cl2N2O. The fourth-order valence-electron chi connectivity index (χ4n) is 2.84. The Bertz CT molecular complexity index is 1140. The average Bonchev–Trinajstić information content (AvgIpc) is 2.72. The summed E-state index contributed by atoms with van der Waals surface area (Å²) in [5.41, 5.74) is 3.56. The van der Waals surface area contributed by atoms with Crippen LogP contribution in [0, 0.1) is 30.1 Å². The van der Waals surface area contributed by atoms with Crippen LogP contribution in [0.1, 0.15) is 28.2 Å². The summed E-state index contributed by atoms with van der Waals surface area (Å²) in [6, 6.07) is 22.1. The van der Waals surface area contributed by atoms with E-state index < -0.39 is 11.8 Å². The van der Waals surface area contributed by atoms with Crippen LogP contribution >= 0.6 is 23.2 Å². The summed E-state index contributed by atoms with van der Waals surface area (Å²) in [5, 5.41) is 13.4. The number of rotatable bonds is 3. The van der Waals surface area contributed by atoms with Gasteiger partial charge in [0.15, 0.2) is 0 Å². The van der Waals surface area contributed by atoms with Crippen LogP contribution in [0.3, 0.4) is 0 Å². The molecule has 0 heterocycles. The van der Waals surface area contributed by atoms with Crippen LogP contribution in [0.25, 0.3) is 0 Å². The number of nitriles is 1. The molecule has 0 bridgehead atoms. The minimum Gasteiger partial charge on any atom is -0.315 e. The zero-order valence-electron chi connectivity index (χ0n) is 15.5. The summed E-state index contributed by atoms with van der Waals surface area (Å²) < 4.78 is 0. The van der Waals surface area contributed by atoms with Gasteiger partial charge in [-0.25, -0.2) is 0 Å². The molecule has 1 N–H and O–H groups in total. The van der Waals surface area contributed by atoms with E-state index in [-0.39, 0.29) is 0 Å². The molecular weight excluding hydrogens is 403 g/mol. The molecule has 0 aliphatic heterocycles. The Labute approximate surface area is 179 Å². The van der Waals surface area contributed by atoms with Crippen LogP contribution in [0.5, 0.6) is 0 Å². The number of carbonyl (C=O) groups excluding carboxylic acids is 1. The fraction of sp³-hybridized carbons (Fsp3) is 0.0833. The number of hydrogen-bond donors (Lipinski definition) is 1. The van der Waals surface area contributed by atoms with E-state index in [1.165, 1.54) is 0 Å². The predicted molar refractivity (Wildman–Crippen MR) is 117 cm³/mol. The van der Waals surface area contributed by atoms with E-state index in [1.54, 1.807) is 30.3 Å². The molecule has 3 rings (SSSR count). The van der Waals surface area contributed by atoms with Gasteiger partial charge in [-0.05, 0) is 53.9 Å². The van der Waals surface area contributed by atoms with E-state index >= 15 is 0 Å². The van der Waals surface area contributed by atoms with Gasteiger partial charge >= 0.3 is 5.91 Å². The highest BCUT2D eigenvalue weighted by atomic mass is 35.5. The molecule has 1 amide bonds. The predicted octanol–water partition coefficient (Wildman–Crippen LogP) is 5.95. The van der Waals surface area contributed by atoms with Crippen LogP contribution < -0.4 is 5.32 Å². The van der Waals surface area contributed by atoms with E-state index in [0.29, 0.717) is 21.3 Å². The first-order valence-electron chi connectivity index (χ1n) is 8.81. The van der Waals surface area contributed by atoms with Crippen LogP contribution in [0.2, 0.25) is 10.0 Å². The first-order valence-corrected chi connectivity index (χ1v) is 9.56. The molecule has 3 aromatic carbocycles. The maximum absolute atomic E-state index is 12.2. The number of amides is 1. The topological polar surface area (TPSA) is 52.9 Å². The fourth-order valence-corrected chi connectivity index (χ4v) is 3.24.